The van der Waals surface area contributed by atoms with Crippen molar-refractivity contribution in [2.75, 3.05) is 19.7 Å². The molecule has 29 heavy (non-hydrogen) atoms. The van der Waals surface area contributed by atoms with Crippen LogP contribution in [-0.4, -0.2) is 58.6 Å². The van der Waals surface area contributed by atoms with Crippen LogP contribution in [0.15, 0.2) is 23.0 Å². The van der Waals surface area contributed by atoms with Crippen molar-refractivity contribution in [1.29, 1.82) is 0 Å². The third-order valence-electron chi connectivity index (χ3n) is 5.45. The van der Waals surface area contributed by atoms with E-state index in [0.29, 0.717) is 5.69 Å². The summed E-state index contributed by atoms with van der Waals surface area (Å²) in [6.07, 6.45) is -10.5. The molecule has 3 rings (SSSR count). The molecule has 1 saturated heterocycles. The highest BCUT2D eigenvalue weighted by Crippen LogP contribution is 2.49. The van der Waals surface area contributed by atoms with Crippen LogP contribution in [0.1, 0.15) is 18.2 Å². The van der Waals surface area contributed by atoms with Crippen LogP contribution < -0.4 is 10.9 Å². The molecular formula is C17H19F6N3O3. The van der Waals surface area contributed by atoms with Crippen LogP contribution in [0.4, 0.5) is 26.3 Å². The van der Waals surface area contributed by atoms with Crippen LogP contribution in [0.25, 0.3) is 0 Å². The maximum Gasteiger partial charge on any atom is 0.405 e. The minimum atomic E-state index is -4.68. The van der Waals surface area contributed by atoms with Gasteiger partial charge in [0.1, 0.15) is 6.54 Å². The molecule has 2 N–H and O–H groups in total. The van der Waals surface area contributed by atoms with Gasteiger partial charge in [0.2, 0.25) is 5.91 Å². The molecule has 6 nitrogen and oxygen atoms in total. The highest BCUT2D eigenvalue weighted by Gasteiger charge is 2.56. The maximum atomic E-state index is 12.8. The Labute approximate surface area is 161 Å². The molecule has 1 aromatic rings. The van der Waals surface area contributed by atoms with Crippen molar-refractivity contribution in [3.63, 3.8) is 0 Å². The van der Waals surface area contributed by atoms with E-state index < -0.39 is 68.3 Å². The van der Waals surface area contributed by atoms with Crippen LogP contribution in [-0.2, 0) is 11.3 Å². The summed E-state index contributed by atoms with van der Waals surface area (Å²) in [6.45, 7) is -2.82. The van der Waals surface area contributed by atoms with E-state index in [9.17, 15) is 41.0 Å². The van der Waals surface area contributed by atoms with E-state index in [4.69, 9.17) is 0 Å². The number of amides is 1. The number of hydrogen-bond donors (Lipinski definition) is 2. The number of carbonyl (C=O) groups is 1. The number of likely N-dealkylation sites (tertiary alicyclic amines) is 1. The van der Waals surface area contributed by atoms with Crippen molar-refractivity contribution < 1.29 is 36.2 Å². The molecule has 0 spiro atoms. The predicted octanol–water partition coefficient (Wildman–Crippen LogP) is 1.44. The number of nitrogens with zero attached hydrogens (tertiary/aromatic N) is 2. The smallest absolute Gasteiger partial charge is 0.396 e. The van der Waals surface area contributed by atoms with E-state index in [2.05, 4.69) is 0 Å². The van der Waals surface area contributed by atoms with Crippen molar-refractivity contribution in [3.8, 4) is 0 Å². The lowest BCUT2D eigenvalue weighted by molar-refractivity contribution is -0.147. The van der Waals surface area contributed by atoms with Gasteiger partial charge < -0.3 is 15.0 Å². The van der Waals surface area contributed by atoms with Crippen LogP contribution in [0.5, 0.6) is 0 Å². The SMILES string of the molecule is O=C(NCC(F)(F)F)[C@@H]1[C@@H](CO)[C@@H]2Cn3c(cccc3=O)[C@@H]2N1CCC(F)(F)F. The number of halogens is 6. The minimum Gasteiger partial charge on any atom is -0.396 e. The number of rotatable bonds is 5. The van der Waals surface area contributed by atoms with E-state index in [0.717, 1.165) is 0 Å². The molecule has 3 heterocycles. The highest BCUT2D eigenvalue weighted by atomic mass is 19.4. The molecule has 0 aliphatic carbocycles. The lowest BCUT2D eigenvalue weighted by Crippen LogP contribution is -2.50. The van der Waals surface area contributed by atoms with Gasteiger partial charge in [-0.05, 0) is 6.07 Å². The van der Waals surface area contributed by atoms with Gasteiger partial charge in [0.25, 0.3) is 5.56 Å². The maximum absolute atomic E-state index is 12.8. The first-order valence-corrected chi connectivity index (χ1v) is 8.90. The van der Waals surface area contributed by atoms with E-state index >= 15 is 0 Å². The zero-order chi connectivity index (χ0) is 21.6. The Morgan fingerprint density at radius 2 is 1.86 bits per heavy atom. The highest BCUT2D eigenvalue weighted by molar-refractivity contribution is 5.82. The summed E-state index contributed by atoms with van der Waals surface area (Å²) in [6, 6.07) is 2.10. The first-order valence-electron chi connectivity index (χ1n) is 8.90. The average molecular weight is 427 g/mol. The molecule has 162 valence electrons. The van der Waals surface area contributed by atoms with E-state index in [-0.39, 0.29) is 12.1 Å². The quantitative estimate of drug-likeness (QED) is 0.698. The van der Waals surface area contributed by atoms with Gasteiger partial charge in [-0.1, -0.05) is 6.07 Å². The van der Waals surface area contributed by atoms with Gasteiger partial charge in [-0.25, -0.2) is 0 Å². The number of aromatic nitrogens is 1. The molecule has 0 aromatic carbocycles. The third kappa shape index (κ3) is 4.42. The lowest BCUT2D eigenvalue weighted by Gasteiger charge is -2.31. The van der Waals surface area contributed by atoms with Crippen molar-refractivity contribution in [1.82, 2.24) is 14.8 Å². The van der Waals surface area contributed by atoms with Gasteiger partial charge >= 0.3 is 12.4 Å². The molecule has 1 aromatic heterocycles. The summed E-state index contributed by atoms with van der Waals surface area (Å²) in [4.78, 5) is 25.7. The first-order chi connectivity index (χ1) is 13.4. The molecule has 4 atom stereocenters. The molecule has 2 aliphatic heterocycles. The van der Waals surface area contributed by atoms with Gasteiger partial charge in [0, 0.05) is 43.3 Å². The van der Waals surface area contributed by atoms with Crippen molar-refractivity contribution >= 4 is 5.91 Å². The number of alkyl halides is 6. The number of aliphatic hydroxyl groups excluding tert-OH is 1. The molecule has 0 radical (unpaired) electrons. The number of carbonyl (C=O) groups excluding carboxylic acids is 1. The first kappa shape index (κ1) is 21.6. The topological polar surface area (TPSA) is 74.6 Å². The Morgan fingerprint density at radius 3 is 2.45 bits per heavy atom. The molecule has 0 saturated carbocycles. The average Bonchev–Trinajstić information content (AvgIpc) is 3.12. The summed E-state index contributed by atoms with van der Waals surface area (Å²) in [5, 5.41) is 11.5. The second kappa shape index (κ2) is 7.63. The second-order valence-electron chi connectivity index (χ2n) is 7.24. The zero-order valence-electron chi connectivity index (χ0n) is 15.0. The van der Waals surface area contributed by atoms with Crippen molar-refractivity contribution in [2.45, 2.75) is 37.4 Å². The predicted molar refractivity (Wildman–Crippen MR) is 87.7 cm³/mol. The molecule has 0 bridgehead atoms. The Bertz CT molecular complexity index is 822. The molecule has 0 unspecified atom stereocenters. The Morgan fingerprint density at radius 1 is 1.17 bits per heavy atom. The number of fused-ring (bicyclic) bond motifs is 3. The summed E-state index contributed by atoms with van der Waals surface area (Å²) < 4.78 is 77.4. The second-order valence-corrected chi connectivity index (χ2v) is 7.24. The summed E-state index contributed by atoms with van der Waals surface area (Å²) in [5.74, 6) is -2.59. The van der Waals surface area contributed by atoms with Gasteiger partial charge in [-0.2, -0.15) is 26.3 Å². The fraction of sp³-hybridized carbons (Fsp3) is 0.647. The normalized spacial score (nSPS) is 27.0. The van der Waals surface area contributed by atoms with Gasteiger partial charge in [-0.3, -0.25) is 14.5 Å². The van der Waals surface area contributed by atoms with Crippen molar-refractivity contribution in [3.05, 3.63) is 34.2 Å². The molecule has 1 amide bonds. The third-order valence-corrected chi connectivity index (χ3v) is 5.45. The fourth-order valence-corrected chi connectivity index (χ4v) is 4.36. The summed E-state index contributed by atoms with van der Waals surface area (Å²) >= 11 is 0. The monoisotopic (exact) mass is 427 g/mol. The van der Waals surface area contributed by atoms with Gasteiger partial charge in [-0.15, -0.1) is 0 Å². The number of aliphatic hydroxyl groups is 1. The van der Waals surface area contributed by atoms with Crippen LogP contribution in [0.2, 0.25) is 0 Å². The Hall–Kier alpha value is -2.08. The van der Waals surface area contributed by atoms with Gasteiger partial charge in [0.15, 0.2) is 0 Å². The Balaban J connectivity index is 1.95. The number of nitrogens with one attached hydrogen (secondary N) is 1. The van der Waals surface area contributed by atoms with Crippen LogP contribution >= 0.6 is 0 Å². The lowest BCUT2D eigenvalue weighted by atomic mass is 9.88. The largest absolute Gasteiger partial charge is 0.405 e. The van der Waals surface area contributed by atoms with E-state index in [1.807, 2.05) is 0 Å². The van der Waals surface area contributed by atoms with E-state index in [1.54, 1.807) is 5.32 Å². The van der Waals surface area contributed by atoms with E-state index in [1.165, 1.54) is 27.7 Å². The molecular weight excluding hydrogens is 408 g/mol. The van der Waals surface area contributed by atoms with Crippen LogP contribution in [0, 0.1) is 11.8 Å². The Kier molecular flexibility index (Phi) is 5.69. The minimum absolute atomic E-state index is 0.0659. The standard InChI is InChI=1S/C17H19F6N3O3/c18-16(19,20)4-5-25-13-9(6-26-11(13)2-1-3-12(26)28)10(7-27)14(25)15(29)24-8-17(21,22)23/h1-3,9-10,13-14,27H,4-8H2,(H,24,29)/t9-,10-,13+,14-/m0/s1. The van der Waals surface area contributed by atoms with Crippen LogP contribution in [0.3, 0.4) is 0 Å². The molecule has 12 heteroatoms. The van der Waals surface area contributed by atoms with Gasteiger partial charge in [0.05, 0.1) is 18.5 Å². The number of hydrogen-bond acceptors (Lipinski definition) is 4. The number of pyridine rings is 1. The zero-order valence-corrected chi connectivity index (χ0v) is 15.0. The summed E-state index contributed by atoms with van der Waals surface area (Å²) in [5.41, 5.74) is 0.0108. The van der Waals surface area contributed by atoms with Crippen molar-refractivity contribution in [2.24, 2.45) is 11.8 Å². The molecule has 2 aliphatic rings. The fourth-order valence-electron chi connectivity index (χ4n) is 4.36. The molecule has 1 fully saturated rings. The summed E-state index contributed by atoms with van der Waals surface area (Å²) in [7, 11) is 0.